The Morgan fingerprint density at radius 1 is 1.39 bits per heavy atom. The van der Waals surface area contributed by atoms with Crippen LogP contribution in [0.5, 0.6) is 0 Å². The maximum Gasteiger partial charge on any atom is 0.254 e. The van der Waals surface area contributed by atoms with Gasteiger partial charge < -0.3 is 10.6 Å². The minimum absolute atomic E-state index is 0.190. The fraction of sp³-hybridized carbons (Fsp3) is 0.357. The molecule has 1 aliphatic heterocycles. The molecule has 118 valence electrons. The van der Waals surface area contributed by atoms with Crippen LogP contribution in [0.1, 0.15) is 28.5 Å². The molecule has 1 aliphatic rings. The number of amides is 1. The summed E-state index contributed by atoms with van der Waals surface area (Å²) in [5.74, 6) is 1.11. The van der Waals surface area contributed by atoms with E-state index in [1.807, 2.05) is 17.7 Å². The van der Waals surface area contributed by atoms with Gasteiger partial charge in [0.1, 0.15) is 12.1 Å². The van der Waals surface area contributed by atoms with Crippen LogP contribution in [0.4, 0.5) is 5.82 Å². The van der Waals surface area contributed by atoms with E-state index in [-0.39, 0.29) is 6.04 Å². The standard InChI is InChI=1S/C14H16N8O/c1-9-4-12(22-14(19-9)16-8-18-22)20-3-2-11(7-20)21-6-10(5-17-21)13(15)23/h4-6,8,11H,2-3,7H2,1H3,(H2,15,23). The molecule has 2 N–H and O–H groups in total. The van der Waals surface area contributed by atoms with E-state index >= 15 is 0 Å². The molecule has 1 fully saturated rings. The second kappa shape index (κ2) is 5.04. The number of carbonyl (C=O) groups is 1. The molecule has 1 atom stereocenters. The van der Waals surface area contributed by atoms with Crippen molar-refractivity contribution in [1.82, 2.24) is 29.4 Å². The summed E-state index contributed by atoms with van der Waals surface area (Å²) >= 11 is 0. The van der Waals surface area contributed by atoms with E-state index in [1.54, 1.807) is 10.7 Å². The number of nitrogens with two attached hydrogens (primary N) is 1. The smallest absolute Gasteiger partial charge is 0.254 e. The van der Waals surface area contributed by atoms with Crippen molar-refractivity contribution in [3.63, 3.8) is 0 Å². The van der Waals surface area contributed by atoms with E-state index in [1.165, 1.54) is 12.5 Å². The Kier molecular flexibility index (Phi) is 3.00. The lowest BCUT2D eigenvalue weighted by molar-refractivity contribution is 0.1000. The van der Waals surface area contributed by atoms with Crippen LogP contribution in [0.3, 0.4) is 0 Å². The molecule has 23 heavy (non-hydrogen) atoms. The van der Waals surface area contributed by atoms with E-state index in [2.05, 4.69) is 25.1 Å². The van der Waals surface area contributed by atoms with Crippen molar-refractivity contribution >= 4 is 17.5 Å². The number of aromatic nitrogens is 6. The van der Waals surface area contributed by atoms with Crippen LogP contribution in [0.25, 0.3) is 5.78 Å². The Bertz CT molecular complexity index is 882. The predicted octanol–water partition coefficient (Wildman–Crippen LogP) is 0.180. The number of aryl methyl sites for hydroxylation is 1. The Hall–Kier alpha value is -2.97. The Balaban J connectivity index is 1.62. The van der Waals surface area contributed by atoms with Crippen LogP contribution in [-0.2, 0) is 0 Å². The SMILES string of the molecule is Cc1cc(N2CCC(n3cc(C(N)=O)cn3)C2)n2ncnc2n1. The lowest BCUT2D eigenvalue weighted by Gasteiger charge is -2.19. The summed E-state index contributed by atoms with van der Waals surface area (Å²) in [7, 11) is 0. The van der Waals surface area contributed by atoms with Crippen LogP contribution in [-0.4, -0.2) is 48.4 Å². The summed E-state index contributed by atoms with van der Waals surface area (Å²) in [6, 6.07) is 2.19. The zero-order chi connectivity index (χ0) is 16.0. The van der Waals surface area contributed by atoms with Crippen molar-refractivity contribution in [3.05, 3.63) is 36.0 Å². The molecule has 9 heteroatoms. The number of anilines is 1. The van der Waals surface area contributed by atoms with Crippen LogP contribution in [0.2, 0.25) is 0 Å². The number of hydrogen-bond acceptors (Lipinski definition) is 6. The fourth-order valence-corrected chi connectivity index (χ4v) is 2.97. The molecule has 0 saturated carbocycles. The molecule has 0 radical (unpaired) electrons. The Morgan fingerprint density at radius 2 is 2.26 bits per heavy atom. The topological polar surface area (TPSA) is 107 Å². The van der Waals surface area contributed by atoms with Crippen molar-refractivity contribution in [1.29, 1.82) is 0 Å². The van der Waals surface area contributed by atoms with Crippen LogP contribution in [0, 0.1) is 6.92 Å². The van der Waals surface area contributed by atoms with E-state index < -0.39 is 5.91 Å². The largest absolute Gasteiger partial charge is 0.366 e. The van der Waals surface area contributed by atoms with Crippen LogP contribution < -0.4 is 10.6 Å². The van der Waals surface area contributed by atoms with Gasteiger partial charge in [-0.05, 0) is 13.3 Å². The molecule has 3 aromatic rings. The second-order valence-corrected chi connectivity index (χ2v) is 5.69. The predicted molar refractivity (Wildman–Crippen MR) is 82.1 cm³/mol. The van der Waals surface area contributed by atoms with E-state index in [9.17, 15) is 4.79 Å². The van der Waals surface area contributed by atoms with Gasteiger partial charge in [0.25, 0.3) is 11.7 Å². The van der Waals surface area contributed by atoms with Crippen LogP contribution in [0.15, 0.2) is 24.8 Å². The first kappa shape index (κ1) is 13.7. The molecule has 0 bridgehead atoms. The fourth-order valence-electron chi connectivity index (χ4n) is 2.97. The molecule has 4 heterocycles. The molecule has 3 aromatic heterocycles. The Labute approximate surface area is 131 Å². The summed E-state index contributed by atoms with van der Waals surface area (Å²) in [6.45, 7) is 3.59. The minimum Gasteiger partial charge on any atom is -0.366 e. The van der Waals surface area contributed by atoms with Gasteiger partial charge in [-0.15, -0.1) is 0 Å². The van der Waals surface area contributed by atoms with Gasteiger partial charge >= 0.3 is 0 Å². The molecule has 0 spiro atoms. The highest BCUT2D eigenvalue weighted by Gasteiger charge is 2.27. The maximum absolute atomic E-state index is 11.2. The third-order valence-electron chi connectivity index (χ3n) is 4.11. The first-order valence-corrected chi connectivity index (χ1v) is 7.38. The molecule has 1 saturated heterocycles. The highest BCUT2D eigenvalue weighted by molar-refractivity contribution is 5.92. The number of nitrogens with zero attached hydrogens (tertiary/aromatic N) is 7. The number of rotatable bonds is 3. The number of carbonyl (C=O) groups excluding carboxylic acids is 1. The quantitative estimate of drug-likeness (QED) is 0.739. The third kappa shape index (κ3) is 2.30. The summed E-state index contributed by atoms with van der Waals surface area (Å²) in [4.78, 5) is 21.9. The van der Waals surface area contributed by atoms with Gasteiger partial charge in [-0.1, -0.05) is 0 Å². The molecule has 1 amide bonds. The summed E-state index contributed by atoms with van der Waals surface area (Å²) in [5, 5.41) is 8.51. The van der Waals surface area contributed by atoms with Gasteiger partial charge in [-0.25, -0.2) is 4.98 Å². The lowest BCUT2D eigenvalue weighted by Crippen LogP contribution is -2.24. The molecule has 0 aromatic carbocycles. The Morgan fingerprint density at radius 3 is 3.04 bits per heavy atom. The summed E-state index contributed by atoms with van der Waals surface area (Å²) < 4.78 is 3.56. The minimum atomic E-state index is -0.458. The molecular formula is C14H16N8O. The number of fused-ring (bicyclic) bond motifs is 1. The zero-order valence-corrected chi connectivity index (χ0v) is 12.6. The maximum atomic E-state index is 11.2. The van der Waals surface area contributed by atoms with Gasteiger partial charge in [0.05, 0.1) is 17.8 Å². The first-order chi connectivity index (χ1) is 11.1. The normalized spacial score (nSPS) is 18.0. The average Bonchev–Trinajstić information content (AvgIpc) is 3.25. The lowest BCUT2D eigenvalue weighted by atomic mass is 10.3. The highest BCUT2D eigenvalue weighted by Crippen LogP contribution is 2.27. The van der Waals surface area contributed by atoms with Gasteiger partial charge in [-0.2, -0.15) is 19.7 Å². The molecule has 0 aliphatic carbocycles. The van der Waals surface area contributed by atoms with Crippen molar-refractivity contribution in [2.75, 3.05) is 18.0 Å². The van der Waals surface area contributed by atoms with Crippen molar-refractivity contribution < 1.29 is 4.79 Å². The zero-order valence-electron chi connectivity index (χ0n) is 12.6. The molecule has 9 nitrogen and oxygen atoms in total. The van der Waals surface area contributed by atoms with Gasteiger partial charge in [0.2, 0.25) is 0 Å². The number of hydrogen-bond donors (Lipinski definition) is 1. The van der Waals surface area contributed by atoms with E-state index in [0.717, 1.165) is 31.0 Å². The van der Waals surface area contributed by atoms with E-state index in [0.29, 0.717) is 11.3 Å². The summed E-state index contributed by atoms with van der Waals surface area (Å²) in [6.07, 6.45) is 5.65. The average molecular weight is 312 g/mol. The van der Waals surface area contributed by atoms with Crippen LogP contribution >= 0.6 is 0 Å². The van der Waals surface area contributed by atoms with Gasteiger partial charge in [0, 0.05) is 31.0 Å². The summed E-state index contributed by atoms with van der Waals surface area (Å²) in [5.41, 5.74) is 6.62. The second-order valence-electron chi connectivity index (χ2n) is 5.69. The number of primary amides is 1. The molecule has 4 rings (SSSR count). The molecular weight excluding hydrogens is 296 g/mol. The first-order valence-electron chi connectivity index (χ1n) is 7.38. The monoisotopic (exact) mass is 312 g/mol. The highest BCUT2D eigenvalue weighted by atomic mass is 16.1. The van der Waals surface area contributed by atoms with Gasteiger partial charge in [0.15, 0.2) is 0 Å². The van der Waals surface area contributed by atoms with E-state index in [4.69, 9.17) is 5.73 Å². The third-order valence-corrected chi connectivity index (χ3v) is 4.11. The van der Waals surface area contributed by atoms with Crippen molar-refractivity contribution in [2.45, 2.75) is 19.4 Å². The molecule has 1 unspecified atom stereocenters. The van der Waals surface area contributed by atoms with Gasteiger partial charge in [-0.3, -0.25) is 9.48 Å². The van der Waals surface area contributed by atoms with Crippen molar-refractivity contribution in [2.24, 2.45) is 5.73 Å². The van der Waals surface area contributed by atoms with Crippen molar-refractivity contribution in [3.8, 4) is 0 Å².